The van der Waals surface area contributed by atoms with Crippen LogP contribution in [0.25, 0.3) is 10.9 Å². The lowest BCUT2D eigenvalue weighted by Gasteiger charge is -2.35. The van der Waals surface area contributed by atoms with Crippen molar-refractivity contribution >= 4 is 16.8 Å². The molecule has 1 aliphatic rings. The zero-order chi connectivity index (χ0) is 30.3. The largest absolute Gasteiger partial charge is 0.493 e. The molecule has 6 nitrogen and oxygen atoms in total. The Bertz CT molecular complexity index is 1670. The van der Waals surface area contributed by atoms with Gasteiger partial charge in [-0.15, -0.1) is 0 Å². The van der Waals surface area contributed by atoms with Crippen molar-refractivity contribution in [1.29, 1.82) is 0 Å². The molecule has 4 aromatic carbocycles. The van der Waals surface area contributed by atoms with E-state index in [1.165, 1.54) is 10.9 Å². The Morgan fingerprint density at radius 1 is 0.795 bits per heavy atom. The van der Waals surface area contributed by atoms with Gasteiger partial charge in [-0.1, -0.05) is 91.9 Å². The van der Waals surface area contributed by atoms with E-state index in [-0.39, 0.29) is 11.8 Å². The number of benzene rings is 4. The summed E-state index contributed by atoms with van der Waals surface area (Å²) in [7, 11) is 1.67. The van der Waals surface area contributed by atoms with E-state index >= 15 is 0 Å². The molecular weight excluding hydrogens is 546 g/mol. The molecule has 0 radical (unpaired) electrons. The molecule has 1 fully saturated rings. The number of piperazine rings is 1. The number of likely N-dealkylation sites (N-methyl/N-ethyl adjacent to an activating group) is 1. The van der Waals surface area contributed by atoms with Crippen LogP contribution >= 0.6 is 0 Å². The second-order valence-corrected chi connectivity index (χ2v) is 11.5. The number of carbonyl (C=O) groups is 1. The minimum Gasteiger partial charge on any atom is -0.493 e. The fourth-order valence-corrected chi connectivity index (χ4v) is 6.25. The number of nitrogens with zero attached hydrogens (tertiary/aromatic N) is 3. The zero-order valence-electron chi connectivity index (χ0n) is 25.7. The van der Waals surface area contributed by atoms with Crippen molar-refractivity contribution in [3.8, 4) is 11.5 Å². The third-order valence-corrected chi connectivity index (χ3v) is 8.77. The Kier molecular flexibility index (Phi) is 9.28. The Morgan fingerprint density at radius 3 is 2.18 bits per heavy atom. The van der Waals surface area contributed by atoms with Crippen LogP contribution in [0.1, 0.15) is 41.5 Å². The van der Waals surface area contributed by atoms with Gasteiger partial charge in [0.15, 0.2) is 11.5 Å². The van der Waals surface area contributed by atoms with E-state index < -0.39 is 0 Å². The summed E-state index contributed by atoms with van der Waals surface area (Å²) in [5, 5.41) is 1.17. The lowest BCUT2D eigenvalue weighted by atomic mass is 9.87. The average Bonchev–Trinajstić information content (AvgIpc) is 3.44. The molecule has 0 spiro atoms. The maximum absolute atomic E-state index is 13.9. The van der Waals surface area contributed by atoms with Crippen LogP contribution in [0.5, 0.6) is 11.5 Å². The summed E-state index contributed by atoms with van der Waals surface area (Å²) in [5.74, 6) is 1.39. The van der Waals surface area contributed by atoms with E-state index in [4.69, 9.17) is 9.47 Å². The molecule has 44 heavy (non-hydrogen) atoms. The van der Waals surface area contributed by atoms with Gasteiger partial charge in [0.25, 0.3) is 0 Å². The highest BCUT2D eigenvalue weighted by molar-refractivity contribution is 5.87. The molecule has 2 heterocycles. The van der Waals surface area contributed by atoms with E-state index in [0.29, 0.717) is 24.5 Å². The first-order valence-electron chi connectivity index (χ1n) is 15.6. The van der Waals surface area contributed by atoms with E-state index in [2.05, 4.69) is 95.4 Å². The Labute approximate surface area is 260 Å². The highest BCUT2D eigenvalue weighted by Gasteiger charge is 2.28. The Hall–Kier alpha value is -4.55. The summed E-state index contributed by atoms with van der Waals surface area (Å²) in [5.41, 5.74) is 5.67. The lowest BCUT2D eigenvalue weighted by molar-refractivity contribution is -0.133. The molecule has 1 unspecified atom stereocenters. The standard InChI is InChI=1S/C38H41N3O3/c1-3-39-20-22-40(23-21-39)38(42)25-33(31-18-19-36(43-2)37(24-31)44-28-30-14-8-5-9-15-30)34-27-41(26-29-12-6-4-7-13-29)35-17-11-10-16-32(34)35/h4-19,24,27,33H,3,20-23,25-26,28H2,1-2H3. The quantitative estimate of drug-likeness (QED) is 0.168. The maximum Gasteiger partial charge on any atom is 0.223 e. The van der Waals surface area contributed by atoms with Crippen molar-refractivity contribution in [2.24, 2.45) is 0 Å². The topological polar surface area (TPSA) is 46.9 Å². The lowest BCUT2D eigenvalue weighted by Crippen LogP contribution is -2.48. The molecule has 1 amide bonds. The molecule has 0 saturated carbocycles. The first-order chi connectivity index (χ1) is 21.6. The summed E-state index contributed by atoms with van der Waals surface area (Å²) in [6.45, 7) is 7.76. The van der Waals surface area contributed by atoms with Crippen molar-refractivity contribution in [2.45, 2.75) is 32.4 Å². The second kappa shape index (κ2) is 13.8. The van der Waals surface area contributed by atoms with E-state index in [0.717, 1.165) is 61.5 Å². The smallest absolute Gasteiger partial charge is 0.223 e. The number of hydrogen-bond acceptors (Lipinski definition) is 4. The van der Waals surface area contributed by atoms with Crippen LogP contribution in [0.3, 0.4) is 0 Å². The van der Waals surface area contributed by atoms with Crippen molar-refractivity contribution in [3.05, 3.63) is 132 Å². The Balaban J connectivity index is 1.38. The molecule has 1 saturated heterocycles. The normalized spacial score (nSPS) is 14.5. The number of fused-ring (bicyclic) bond motifs is 1. The number of para-hydroxylation sites is 1. The van der Waals surface area contributed by atoms with Crippen molar-refractivity contribution < 1.29 is 14.3 Å². The molecule has 6 rings (SSSR count). The summed E-state index contributed by atoms with van der Waals surface area (Å²) in [4.78, 5) is 18.4. The minimum atomic E-state index is -0.154. The van der Waals surface area contributed by atoms with Gasteiger partial charge in [-0.2, -0.15) is 0 Å². The third-order valence-electron chi connectivity index (χ3n) is 8.77. The van der Waals surface area contributed by atoms with Crippen LogP contribution in [0.15, 0.2) is 109 Å². The highest BCUT2D eigenvalue weighted by Crippen LogP contribution is 2.39. The summed E-state index contributed by atoms with van der Waals surface area (Å²) in [6.07, 6.45) is 2.63. The average molecular weight is 588 g/mol. The first-order valence-corrected chi connectivity index (χ1v) is 15.6. The van der Waals surface area contributed by atoms with Crippen molar-refractivity contribution in [1.82, 2.24) is 14.4 Å². The van der Waals surface area contributed by atoms with Crippen LogP contribution in [-0.4, -0.2) is 60.1 Å². The molecular formula is C38H41N3O3. The van der Waals surface area contributed by atoms with Crippen molar-refractivity contribution in [2.75, 3.05) is 39.8 Å². The molecule has 0 bridgehead atoms. The van der Waals surface area contributed by atoms with Crippen LogP contribution < -0.4 is 9.47 Å². The number of amides is 1. The zero-order valence-corrected chi connectivity index (χ0v) is 25.7. The summed E-state index contributed by atoms with van der Waals surface area (Å²) in [6, 6.07) is 35.3. The predicted molar refractivity (Wildman–Crippen MR) is 176 cm³/mol. The van der Waals surface area contributed by atoms with Gasteiger partial charge in [0.1, 0.15) is 6.61 Å². The van der Waals surface area contributed by atoms with Gasteiger partial charge >= 0.3 is 0 Å². The number of carbonyl (C=O) groups excluding carboxylic acids is 1. The summed E-state index contributed by atoms with van der Waals surface area (Å²) >= 11 is 0. The number of methoxy groups -OCH3 is 1. The van der Waals surface area contributed by atoms with E-state index in [9.17, 15) is 4.79 Å². The number of hydrogen-bond donors (Lipinski definition) is 0. The molecule has 5 aromatic rings. The molecule has 6 heteroatoms. The van der Waals surface area contributed by atoms with Gasteiger partial charge in [-0.05, 0) is 47.0 Å². The first kappa shape index (κ1) is 29.5. The number of rotatable bonds is 11. The molecule has 1 aliphatic heterocycles. The van der Waals surface area contributed by atoms with E-state index in [1.807, 2.05) is 35.2 Å². The predicted octanol–water partition coefficient (Wildman–Crippen LogP) is 6.96. The monoisotopic (exact) mass is 587 g/mol. The van der Waals surface area contributed by atoms with Crippen LogP contribution in [0, 0.1) is 0 Å². The van der Waals surface area contributed by atoms with E-state index in [1.54, 1.807) is 7.11 Å². The maximum atomic E-state index is 13.9. The highest BCUT2D eigenvalue weighted by atomic mass is 16.5. The van der Waals surface area contributed by atoms with Gasteiger partial charge < -0.3 is 23.8 Å². The fraction of sp³-hybridized carbons (Fsp3) is 0.289. The van der Waals surface area contributed by atoms with Gasteiger partial charge in [-0.3, -0.25) is 4.79 Å². The van der Waals surface area contributed by atoms with Crippen molar-refractivity contribution in [3.63, 3.8) is 0 Å². The fourth-order valence-electron chi connectivity index (χ4n) is 6.25. The number of ether oxygens (including phenoxy) is 2. The second-order valence-electron chi connectivity index (χ2n) is 11.5. The van der Waals surface area contributed by atoms with Crippen LogP contribution in [-0.2, 0) is 17.9 Å². The minimum absolute atomic E-state index is 0.154. The SMILES string of the molecule is CCN1CCN(C(=O)CC(c2ccc(OC)c(OCc3ccccc3)c2)c2cn(Cc3ccccc3)c3ccccc23)CC1. The molecule has 0 aliphatic carbocycles. The molecule has 1 atom stereocenters. The van der Waals surface area contributed by atoms with Gasteiger partial charge in [0, 0.05) is 62.2 Å². The Morgan fingerprint density at radius 2 is 1.48 bits per heavy atom. The molecule has 0 N–H and O–H groups in total. The van der Waals surface area contributed by atoms with Crippen LogP contribution in [0.2, 0.25) is 0 Å². The summed E-state index contributed by atoms with van der Waals surface area (Å²) < 4.78 is 14.3. The molecule has 226 valence electrons. The number of aromatic nitrogens is 1. The van der Waals surface area contributed by atoms with Crippen LogP contribution in [0.4, 0.5) is 0 Å². The van der Waals surface area contributed by atoms with Gasteiger partial charge in [0.2, 0.25) is 5.91 Å². The van der Waals surface area contributed by atoms with Gasteiger partial charge in [0.05, 0.1) is 7.11 Å². The molecule has 1 aromatic heterocycles. The van der Waals surface area contributed by atoms with Gasteiger partial charge in [-0.25, -0.2) is 0 Å². The third kappa shape index (κ3) is 6.66.